The Balaban J connectivity index is 0. The molecule has 0 amide bonds. The first-order valence-corrected chi connectivity index (χ1v) is 5.08. The Bertz CT molecular complexity index is 325. The van der Waals surface area contributed by atoms with Crippen LogP contribution in [0.2, 0.25) is 0 Å². The van der Waals surface area contributed by atoms with Crippen molar-refractivity contribution in [1.82, 2.24) is 0 Å². The third-order valence-electron chi connectivity index (χ3n) is 2.56. The maximum atomic E-state index is 3.45. The molecule has 0 atom stereocenters. The van der Waals surface area contributed by atoms with Crippen LogP contribution in [0.15, 0.2) is 41.0 Å². The molecule has 0 spiro atoms. The summed E-state index contributed by atoms with van der Waals surface area (Å²) >= 11 is 0. The second-order valence-corrected chi connectivity index (χ2v) is 3.56. The Morgan fingerprint density at radius 1 is 1.31 bits per heavy atom. The molecule has 0 bridgehead atoms. The fourth-order valence-electron chi connectivity index (χ4n) is 1.94. The molecule has 0 unspecified atom stereocenters. The van der Waals surface area contributed by atoms with Crippen LogP contribution in [0.3, 0.4) is 0 Å². The minimum absolute atomic E-state index is 0. The summed E-state index contributed by atoms with van der Waals surface area (Å²) in [6, 6.07) is 0. The Morgan fingerprint density at radius 2 is 2.06 bits per heavy atom. The van der Waals surface area contributed by atoms with Gasteiger partial charge in [0.25, 0.3) is 0 Å². The second-order valence-electron chi connectivity index (χ2n) is 3.56. The van der Waals surface area contributed by atoms with Gasteiger partial charge < -0.3 is 24.8 Å². The molecular weight excluding hydrogens is 318 g/mol. The maximum Gasteiger partial charge on any atom is 3.00 e. The maximum absolute atomic E-state index is 3.45. The third-order valence-corrected chi connectivity index (χ3v) is 2.56. The molecule has 2 aliphatic rings. The molecule has 1 radical (unpaired) electrons. The minimum Gasteiger partial charge on any atom is -1.00 e. The average Bonchev–Trinajstić information content (AvgIpc) is 2.71. The van der Waals surface area contributed by atoms with Crippen LogP contribution in [0.5, 0.6) is 0 Å². The molecule has 0 aliphatic heterocycles. The van der Waals surface area contributed by atoms with E-state index in [4.69, 9.17) is 0 Å². The normalized spacial score (nSPS) is 16.4. The van der Waals surface area contributed by atoms with Gasteiger partial charge in [0.15, 0.2) is 0 Å². The van der Waals surface area contributed by atoms with Gasteiger partial charge in [0, 0.05) is 0 Å². The van der Waals surface area contributed by atoms with Gasteiger partial charge in [0.1, 0.15) is 0 Å². The third kappa shape index (κ3) is 4.36. The van der Waals surface area contributed by atoms with Gasteiger partial charge in [-0.25, -0.2) is 0 Å². The molecule has 2 rings (SSSR count). The van der Waals surface area contributed by atoms with E-state index in [2.05, 4.69) is 37.3 Å². The van der Waals surface area contributed by atoms with Crippen LogP contribution < -0.4 is 24.8 Å². The van der Waals surface area contributed by atoms with Crippen molar-refractivity contribution in [3.8, 4) is 0 Å². The summed E-state index contributed by atoms with van der Waals surface area (Å²) in [5, 5.41) is 0. The molecule has 16 heavy (non-hydrogen) atoms. The van der Waals surface area contributed by atoms with E-state index in [-0.39, 0.29) is 51.0 Å². The van der Waals surface area contributed by atoms with Gasteiger partial charge in [-0.2, -0.15) is 17.2 Å². The quantitative estimate of drug-likeness (QED) is 0.512. The van der Waals surface area contributed by atoms with Gasteiger partial charge >= 0.3 is 26.2 Å². The molecule has 2 aliphatic carbocycles. The summed E-state index contributed by atoms with van der Waals surface area (Å²) in [5.41, 5.74) is 4.36. The standard InChI is InChI=1S/C13H15.2ClH.Zr/c1-2-6-11-9-5-10-13(11)12-7-3-4-8-12;;;/h3-4,7,9H,2,5-6,8H2,1H3;2*1H;/q-1;;;+3/p-2. The molecule has 0 aromatic carbocycles. The largest absolute Gasteiger partial charge is 3.00 e. The van der Waals surface area contributed by atoms with Gasteiger partial charge in [0.05, 0.1) is 0 Å². The summed E-state index contributed by atoms with van der Waals surface area (Å²) in [5.74, 6) is 0. The van der Waals surface area contributed by atoms with Crippen LogP contribution in [-0.4, -0.2) is 0 Å². The van der Waals surface area contributed by atoms with Gasteiger partial charge in [-0.05, 0) is 0 Å². The van der Waals surface area contributed by atoms with Gasteiger partial charge in [-0.3, -0.25) is 0 Å². The van der Waals surface area contributed by atoms with Crippen molar-refractivity contribution in [2.24, 2.45) is 0 Å². The Morgan fingerprint density at radius 3 is 2.62 bits per heavy atom. The van der Waals surface area contributed by atoms with E-state index in [1.54, 1.807) is 0 Å². The first kappa shape index (κ1) is 18.8. The fourth-order valence-corrected chi connectivity index (χ4v) is 1.94. The van der Waals surface area contributed by atoms with Gasteiger partial charge in [-0.15, -0.1) is 17.7 Å². The van der Waals surface area contributed by atoms with Crippen molar-refractivity contribution in [2.75, 3.05) is 0 Å². The number of hydrogen-bond donors (Lipinski definition) is 0. The minimum atomic E-state index is 0. The molecule has 0 fully saturated rings. The Labute approximate surface area is 130 Å². The van der Waals surface area contributed by atoms with Gasteiger partial charge in [-0.1, -0.05) is 44.8 Å². The molecule has 0 saturated carbocycles. The topological polar surface area (TPSA) is 0 Å². The van der Waals surface area contributed by atoms with Crippen LogP contribution in [-0.2, 0) is 26.2 Å². The van der Waals surface area contributed by atoms with E-state index in [0.29, 0.717) is 0 Å². The first-order chi connectivity index (χ1) is 6.42. The zero-order valence-corrected chi connectivity index (χ0v) is 13.4. The molecular formula is C13H15Cl2Zr. The summed E-state index contributed by atoms with van der Waals surface area (Å²) in [7, 11) is 0. The summed E-state index contributed by atoms with van der Waals surface area (Å²) in [6.07, 6.45) is 16.9. The first-order valence-electron chi connectivity index (χ1n) is 5.08. The number of hydrogen-bond acceptors (Lipinski definition) is 0. The molecule has 0 aromatic heterocycles. The van der Waals surface area contributed by atoms with Crippen LogP contribution in [0, 0.1) is 6.08 Å². The van der Waals surface area contributed by atoms with Crippen molar-refractivity contribution >= 4 is 0 Å². The number of halogens is 2. The molecule has 0 N–H and O–H groups in total. The molecule has 85 valence electrons. The summed E-state index contributed by atoms with van der Waals surface area (Å²) < 4.78 is 0. The molecule has 3 heteroatoms. The zero-order chi connectivity index (χ0) is 9.10. The van der Waals surface area contributed by atoms with Crippen molar-refractivity contribution < 1.29 is 51.0 Å². The average molecular weight is 333 g/mol. The van der Waals surface area contributed by atoms with E-state index < -0.39 is 0 Å². The Kier molecular flexibility index (Phi) is 11.1. The fraction of sp³-hybridized carbons (Fsp3) is 0.385. The molecule has 0 nitrogen and oxygen atoms in total. The predicted octanol–water partition coefficient (Wildman–Crippen LogP) is -2.26. The molecule has 0 aromatic rings. The van der Waals surface area contributed by atoms with E-state index in [1.807, 2.05) is 0 Å². The van der Waals surface area contributed by atoms with Crippen molar-refractivity contribution in [3.63, 3.8) is 0 Å². The van der Waals surface area contributed by atoms with E-state index in [0.717, 1.165) is 12.8 Å². The summed E-state index contributed by atoms with van der Waals surface area (Å²) in [6.45, 7) is 2.23. The van der Waals surface area contributed by atoms with E-state index in [1.165, 1.54) is 29.6 Å². The van der Waals surface area contributed by atoms with Crippen molar-refractivity contribution in [2.45, 2.75) is 32.6 Å². The van der Waals surface area contributed by atoms with Crippen molar-refractivity contribution in [3.05, 3.63) is 47.1 Å². The second kappa shape index (κ2) is 9.45. The molecule has 0 saturated heterocycles. The summed E-state index contributed by atoms with van der Waals surface area (Å²) in [4.78, 5) is 0. The number of allylic oxidation sites excluding steroid dienone is 8. The monoisotopic (exact) mass is 331 g/mol. The predicted molar refractivity (Wildman–Crippen MR) is 56.2 cm³/mol. The van der Waals surface area contributed by atoms with Crippen LogP contribution in [0.4, 0.5) is 0 Å². The molecule has 0 heterocycles. The van der Waals surface area contributed by atoms with Crippen LogP contribution in [0.25, 0.3) is 0 Å². The zero-order valence-electron chi connectivity index (χ0n) is 9.39. The number of rotatable bonds is 3. The van der Waals surface area contributed by atoms with E-state index >= 15 is 0 Å². The van der Waals surface area contributed by atoms with E-state index in [9.17, 15) is 0 Å². The van der Waals surface area contributed by atoms with Gasteiger partial charge in [0.2, 0.25) is 0 Å². The SMILES string of the molecule is CCCC1=CC[C-]=C1C1=CC=CC1.[Cl-].[Cl-].[Zr+3]. The smallest absolute Gasteiger partial charge is 1.00 e. The van der Waals surface area contributed by atoms with Crippen molar-refractivity contribution in [1.29, 1.82) is 0 Å². The van der Waals surface area contributed by atoms with Crippen LogP contribution in [0.1, 0.15) is 32.6 Å². The Hall–Kier alpha value is 0.423. The van der Waals surface area contributed by atoms with Crippen LogP contribution >= 0.6 is 0 Å².